The van der Waals surface area contributed by atoms with Crippen molar-refractivity contribution < 1.29 is 4.79 Å². The number of carbonyl (C=O) groups excluding carboxylic acids is 1. The molecule has 1 amide bonds. The summed E-state index contributed by atoms with van der Waals surface area (Å²) in [5.74, 6) is -0.300. The topological polar surface area (TPSA) is 110 Å². The van der Waals surface area contributed by atoms with Crippen LogP contribution in [0.2, 0.25) is 0 Å². The third kappa shape index (κ3) is 4.80. The van der Waals surface area contributed by atoms with Gasteiger partial charge in [0.05, 0.1) is 11.0 Å². The van der Waals surface area contributed by atoms with E-state index in [9.17, 15) is 14.4 Å². The first-order chi connectivity index (χ1) is 16.0. The van der Waals surface area contributed by atoms with Crippen LogP contribution >= 0.6 is 11.3 Å². The molecule has 8 nitrogen and oxygen atoms in total. The molecule has 0 atom stereocenters. The summed E-state index contributed by atoms with van der Waals surface area (Å²) in [5.41, 5.74) is 1.56. The van der Waals surface area contributed by atoms with Crippen LogP contribution in [0.3, 0.4) is 0 Å². The summed E-state index contributed by atoms with van der Waals surface area (Å²) in [6, 6.07) is 16.8. The highest BCUT2D eigenvalue weighted by Crippen LogP contribution is 2.30. The monoisotopic (exact) mass is 461 g/mol. The summed E-state index contributed by atoms with van der Waals surface area (Å²) < 4.78 is 0. The number of rotatable bonds is 5. The number of aromatic nitrogens is 2. The Bertz CT molecular complexity index is 1410. The third-order valence-corrected chi connectivity index (χ3v) is 6.78. The van der Waals surface area contributed by atoms with Crippen molar-refractivity contribution in [1.82, 2.24) is 20.2 Å². The van der Waals surface area contributed by atoms with E-state index in [1.165, 1.54) is 9.75 Å². The van der Waals surface area contributed by atoms with Crippen LogP contribution < -0.4 is 21.8 Å². The minimum Gasteiger partial charge on any atom is -0.322 e. The average molecular weight is 462 g/mol. The Kier molecular flexibility index (Phi) is 5.91. The van der Waals surface area contributed by atoms with Gasteiger partial charge in [-0.3, -0.25) is 19.3 Å². The van der Waals surface area contributed by atoms with Crippen molar-refractivity contribution in [3.63, 3.8) is 0 Å². The normalized spacial score (nSPS) is 14.4. The van der Waals surface area contributed by atoms with Crippen molar-refractivity contribution >= 4 is 34.0 Å². The number of hydrogen-bond acceptors (Lipinski definition) is 6. The van der Waals surface area contributed by atoms with E-state index in [2.05, 4.69) is 37.6 Å². The predicted octanol–water partition coefficient (Wildman–Crippen LogP) is 2.60. The highest BCUT2D eigenvalue weighted by Gasteiger charge is 2.12. The molecule has 0 unspecified atom stereocenters. The highest BCUT2D eigenvalue weighted by molar-refractivity contribution is 7.15. The number of anilines is 1. The van der Waals surface area contributed by atoms with E-state index in [-0.39, 0.29) is 5.91 Å². The lowest BCUT2D eigenvalue weighted by Gasteiger charge is -2.26. The van der Waals surface area contributed by atoms with Crippen molar-refractivity contribution in [2.75, 3.05) is 31.5 Å². The standard InChI is InChI=1S/C24H23N5O3S/c30-22(16-3-7-19-20(13-16)28-24(32)23(31)27-19)26-17-4-1-15(2-5-17)21-8-6-18(33-21)14-29-11-9-25-10-12-29/h1-8,13,25H,9-12,14H2,(H,26,30)(H,27,31)(H,28,32). The van der Waals surface area contributed by atoms with Crippen LogP contribution in [0, 0.1) is 0 Å². The molecular weight excluding hydrogens is 438 g/mol. The number of nitrogens with one attached hydrogen (secondary N) is 4. The lowest BCUT2D eigenvalue weighted by molar-refractivity contribution is 0.102. The first-order valence-electron chi connectivity index (χ1n) is 10.8. The summed E-state index contributed by atoms with van der Waals surface area (Å²) in [4.78, 5) is 45.6. The van der Waals surface area contributed by atoms with Gasteiger partial charge in [0, 0.05) is 53.7 Å². The predicted molar refractivity (Wildman–Crippen MR) is 131 cm³/mol. The zero-order valence-corrected chi connectivity index (χ0v) is 18.6. The summed E-state index contributed by atoms with van der Waals surface area (Å²) in [5, 5.41) is 6.25. The number of fused-ring (bicyclic) bond motifs is 1. The summed E-state index contributed by atoms with van der Waals surface area (Å²) >= 11 is 1.80. The van der Waals surface area contributed by atoms with E-state index in [1.54, 1.807) is 29.5 Å². The fraction of sp³-hybridized carbons (Fsp3) is 0.208. The van der Waals surface area contributed by atoms with Gasteiger partial charge in [-0.25, -0.2) is 0 Å². The lowest BCUT2D eigenvalue weighted by Crippen LogP contribution is -2.42. The largest absolute Gasteiger partial charge is 0.322 e. The quantitative estimate of drug-likeness (QED) is 0.342. The van der Waals surface area contributed by atoms with Gasteiger partial charge >= 0.3 is 11.1 Å². The Morgan fingerprint density at radius 3 is 2.39 bits per heavy atom. The summed E-state index contributed by atoms with van der Waals surface area (Å²) in [6.07, 6.45) is 0. The molecule has 2 aromatic heterocycles. The molecule has 3 heterocycles. The molecule has 1 fully saturated rings. The van der Waals surface area contributed by atoms with Gasteiger partial charge in [0.1, 0.15) is 0 Å². The number of thiophene rings is 1. The van der Waals surface area contributed by atoms with Crippen LogP contribution in [0.25, 0.3) is 21.5 Å². The molecule has 0 saturated carbocycles. The van der Waals surface area contributed by atoms with Crippen molar-refractivity contribution in [3.05, 3.63) is 85.7 Å². The minimum atomic E-state index is -0.750. The molecule has 1 aliphatic heterocycles. The van der Waals surface area contributed by atoms with Crippen LogP contribution in [0.15, 0.2) is 64.2 Å². The highest BCUT2D eigenvalue weighted by atomic mass is 32.1. The second-order valence-electron chi connectivity index (χ2n) is 7.99. The van der Waals surface area contributed by atoms with E-state index in [0.717, 1.165) is 38.3 Å². The molecule has 9 heteroatoms. The third-order valence-electron chi connectivity index (χ3n) is 5.66. The van der Waals surface area contributed by atoms with Gasteiger partial charge in [-0.2, -0.15) is 0 Å². The van der Waals surface area contributed by atoms with Gasteiger partial charge in [0.15, 0.2) is 0 Å². The maximum absolute atomic E-state index is 12.7. The SMILES string of the molecule is O=C(Nc1ccc(-c2ccc(CN3CCNCC3)s2)cc1)c1ccc2[nH]c(=O)c(=O)[nH]c2c1. The number of aromatic amines is 2. The first kappa shape index (κ1) is 21.3. The van der Waals surface area contributed by atoms with Crippen LogP contribution in [-0.2, 0) is 6.54 Å². The van der Waals surface area contributed by atoms with Crippen molar-refractivity contribution in [2.45, 2.75) is 6.54 Å². The molecule has 0 bridgehead atoms. The van der Waals surface area contributed by atoms with E-state index in [0.29, 0.717) is 22.3 Å². The Labute approximate surface area is 193 Å². The van der Waals surface area contributed by atoms with E-state index in [4.69, 9.17) is 0 Å². The van der Waals surface area contributed by atoms with Crippen molar-refractivity contribution in [1.29, 1.82) is 0 Å². The molecule has 4 N–H and O–H groups in total. The minimum absolute atomic E-state index is 0.300. The van der Waals surface area contributed by atoms with Gasteiger partial charge in [0.25, 0.3) is 5.91 Å². The molecule has 0 spiro atoms. The number of carbonyl (C=O) groups is 1. The second kappa shape index (κ2) is 9.14. The molecular formula is C24H23N5O3S. The summed E-state index contributed by atoms with van der Waals surface area (Å²) in [7, 11) is 0. The molecule has 1 saturated heterocycles. The van der Waals surface area contributed by atoms with Gasteiger partial charge in [-0.15, -0.1) is 11.3 Å². The fourth-order valence-electron chi connectivity index (χ4n) is 3.88. The van der Waals surface area contributed by atoms with Crippen LogP contribution in [0.4, 0.5) is 5.69 Å². The summed E-state index contributed by atoms with van der Waals surface area (Å²) in [6.45, 7) is 5.22. The molecule has 168 valence electrons. The molecule has 33 heavy (non-hydrogen) atoms. The number of piperazine rings is 1. The van der Waals surface area contributed by atoms with Crippen molar-refractivity contribution in [3.8, 4) is 10.4 Å². The van der Waals surface area contributed by atoms with E-state index >= 15 is 0 Å². The Morgan fingerprint density at radius 2 is 1.64 bits per heavy atom. The average Bonchev–Trinajstić information content (AvgIpc) is 3.29. The Morgan fingerprint density at radius 1 is 0.909 bits per heavy atom. The number of amides is 1. The molecule has 5 rings (SSSR count). The van der Waals surface area contributed by atoms with E-state index < -0.39 is 11.1 Å². The second-order valence-corrected chi connectivity index (χ2v) is 9.16. The zero-order chi connectivity index (χ0) is 22.8. The lowest BCUT2D eigenvalue weighted by atomic mass is 10.1. The van der Waals surface area contributed by atoms with Crippen LogP contribution in [0.5, 0.6) is 0 Å². The van der Waals surface area contributed by atoms with E-state index in [1.807, 2.05) is 24.3 Å². The molecule has 0 radical (unpaired) electrons. The smallest absolute Gasteiger partial charge is 0.314 e. The molecule has 0 aliphatic carbocycles. The maximum Gasteiger partial charge on any atom is 0.314 e. The fourth-order valence-corrected chi connectivity index (χ4v) is 4.94. The number of nitrogens with zero attached hydrogens (tertiary/aromatic N) is 1. The maximum atomic E-state index is 12.7. The van der Waals surface area contributed by atoms with Gasteiger partial charge in [-0.1, -0.05) is 12.1 Å². The number of hydrogen-bond donors (Lipinski definition) is 4. The Hall–Kier alpha value is -3.53. The Balaban J connectivity index is 1.26. The van der Waals surface area contributed by atoms with Gasteiger partial charge in [0.2, 0.25) is 0 Å². The van der Waals surface area contributed by atoms with Gasteiger partial charge < -0.3 is 20.6 Å². The van der Waals surface area contributed by atoms with Crippen LogP contribution in [-0.4, -0.2) is 47.0 Å². The number of benzene rings is 2. The zero-order valence-electron chi connectivity index (χ0n) is 17.8. The number of H-pyrrole nitrogens is 2. The van der Waals surface area contributed by atoms with Crippen molar-refractivity contribution in [2.24, 2.45) is 0 Å². The van der Waals surface area contributed by atoms with Crippen LogP contribution in [0.1, 0.15) is 15.2 Å². The molecule has 4 aromatic rings. The molecule has 2 aromatic carbocycles. The van der Waals surface area contributed by atoms with Gasteiger partial charge in [-0.05, 0) is 48.0 Å². The first-order valence-corrected chi connectivity index (χ1v) is 11.6. The molecule has 1 aliphatic rings.